The number of carbonyl (C=O) groups is 1. The molecule has 2 aliphatic rings. The minimum absolute atomic E-state index is 0.121. The molecular formula is C17H24N3O3+. The van der Waals surface area contributed by atoms with E-state index in [-0.39, 0.29) is 16.5 Å². The van der Waals surface area contributed by atoms with Gasteiger partial charge in [0.25, 0.3) is 5.69 Å². The zero-order valence-corrected chi connectivity index (χ0v) is 13.4. The highest BCUT2D eigenvalue weighted by atomic mass is 16.6. The topological polar surface area (TPSA) is 67.9 Å². The molecule has 2 saturated heterocycles. The van der Waals surface area contributed by atoms with Crippen LogP contribution in [0.4, 0.5) is 5.69 Å². The Morgan fingerprint density at radius 2 is 2.09 bits per heavy atom. The molecular weight excluding hydrogens is 294 g/mol. The Hall–Kier alpha value is -1.95. The monoisotopic (exact) mass is 318 g/mol. The number of piperidine rings is 1. The molecule has 0 spiro atoms. The third-order valence-corrected chi connectivity index (χ3v) is 4.96. The van der Waals surface area contributed by atoms with Crippen molar-refractivity contribution in [3.63, 3.8) is 0 Å². The number of hydrogen-bond donors (Lipinski definition) is 1. The number of quaternary nitrogens is 1. The molecule has 1 N–H and O–H groups in total. The van der Waals surface area contributed by atoms with Crippen molar-refractivity contribution in [2.24, 2.45) is 5.92 Å². The lowest BCUT2D eigenvalue weighted by molar-refractivity contribution is -0.921. The Balaban J connectivity index is 1.61. The number of nitrogens with zero attached hydrogens (tertiary/aromatic N) is 2. The highest BCUT2D eigenvalue weighted by Crippen LogP contribution is 2.17. The summed E-state index contributed by atoms with van der Waals surface area (Å²) in [6.45, 7) is 4.46. The van der Waals surface area contributed by atoms with Crippen molar-refractivity contribution in [1.29, 1.82) is 0 Å². The van der Waals surface area contributed by atoms with Crippen LogP contribution in [-0.4, -0.2) is 41.9 Å². The van der Waals surface area contributed by atoms with Gasteiger partial charge < -0.3 is 9.80 Å². The molecule has 6 heteroatoms. The molecule has 23 heavy (non-hydrogen) atoms. The van der Waals surface area contributed by atoms with E-state index in [4.69, 9.17) is 0 Å². The quantitative estimate of drug-likeness (QED) is 0.665. The van der Waals surface area contributed by atoms with E-state index in [1.807, 2.05) is 11.0 Å². The summed E-state index contributed by atoms with van der Waals surface area (Å²) >= 11 is 0. The van der Waals surface area contributed by atoms with Crippen molar-refractivity contribution >= 4 is 11.6 Å². The zero-order chi connectivity index (χ0) is 16.2. The number of nitro benzene ring substituents is 1. The number of non-ortho nitro benzene ring substituents is 1. The molecule has 1 aromatic rings. The van der Waals surface area contributed by atoms with E-state index in [2.05, 4.69) is 0 Å². The van der Waals surface area contributed by atoms with Crippen molar-refractivity contribution in [3.8, 4) is 0 Å². The minimum Gasteiger partial charge on any atom is -0.342 e. The SMILES string of the molecule is O=C([C@H]1CCC[NH+](Cc2cccc([N+](=O)[O-])c2)C1)N1CCCC1. The van der Waals surface area contributed by atoms with Crippen LogP contribution >= 0.6 is 0 Å². The molecule has 3 rings (SSSR count). The van der Waals surface area contributed by atoms with Gasteiger partial charge in [0, 0.05) is 30.8 Å². The summed E-state index contributed by atoms with van der Waals surface area (Å²) in [5.41, 5.74) is 1.12. The highest BCUT2D eigenvalue weighted by molar-refractivity contribution is 5.79. The van der Waals surface area contributed by atoms with Gasteiger partial charge in [-0.05, 0) is 25.7 Å². The van der Waals surface area contributed by atoms with Crippen LogP contribution in [0.5, 0.6) is 0 Å². The van der Waals surface area contributed by atoms with Crippen LogP contribution in [-0.2, 0) is 11.3 Å². The van der Waals surface area contributed by atoms with Crippen molar-refractivity contribution in [1.82, 2.24) is 4.90 Å². The molecule has 6 nitrogen and oxygen atoms in total. The van der Waals surface area contributed by atoms with Crippen molar-refractivity contribution in [2.75, 3.05) is 26.2 Å². The fourth-order valence-electron chi connectivity index (χ4n) is 3.79. The lowest BCUT2D eigenvalue weighted by Crippen LogP contribution is -3.12. The van der Waals surface area contributed by atoms with E-state index in [0.29, 0.717) is 5.91 Å². The normalized spacial score (nSPS) is 24.6. The van der Waals surface area contributed by atoms with E-state index in [9.17, 15) is 14.9 Å². The predicted molar refractivity (Wildman–Crippen MR) is 86.0 cm³/mol. The second-order valence-corrected chi connectivity index (χ2v) is 6.68. The molecule has 2 fully saturated rings. The summed E-state index contributed by atoms with van der Waals surface area (Å²) in [5, 5.41) is 10.9. The molecule has 0 radical (unpaired) electrons. The van der Waals surface area contributed by atoms with Gasteiger partial charge in [-0.25, -0.2) is 0 Å². The van der Waals surface area contributed by atoms with Gasteiger partial charge in [-0.2, -0.15) is 0 Å². The maximum Gasteiger partial charge on any atom is 0.269 e. The number of amides is 1. The van der Waals surface area contributed by atoms with Gasteiger partial charge >= 0.3 is 0 Å². The standard InChI is InChI=1S/C17H23N3O3/c21-17(19-9-1-2-10-19)15-6-4-8-18(13-15)12-14-5-3-7-16(11-14)20(22)23/h3,5,7,11,15H,1-2,4,6,8-10,12-13H2/p+1/t15-/m0/s1. The van der Waals surface area contributed by atoms with Gasteiger partial charge in [0.15, 0.2) is 0 Å². The molecule has 1 unspecified atom stereocenters. The summed E-state index contributed by atoms with van der Waals surface area (Å²) in [5.74, 6) is 0.439. The molecule has 2 aliphatic heterocycles. The van der Waals surface area contributed by atoms with Gasteiger partial charge in [0.2, 0.25) is 5.91 Å². The third kappa shape index (κ3) is 3.88. The van der Waals surface area contributed by atoms with Crippen LogP contribution in [0.2, 0.25) is 0 Å². The van der Waals surface area contributed by atoms with Crippen LogP contribution in [0.1, 0.15) is 31.2 Å². The van der Waals surface area contributed by atoms with Gasteiger partial charge in [-0.1, -0.05) is 12.1 Å². The largest absolute Gasteiger partial charge is 0.342 e. The number of nitrogens with one attached hydrogen (secondary N) is 1. The minimum atomic E-state index is -0.352. The van der Waals surface area contributed by atoms with Gasteiger partial charge in [-0.3, -0.25) is 14.9 Å². The maximum absolute atomic E-state index is 12.6. The average Bonchev–Trinajstić information content (AvgIpc) is 3.09. The number of rotatable bonds is 4. The second kappa shape index (κ2) is 7.08. The third-order valence-electron chi connectivity index (χ3n) is 4.96. The molecule has 0 bridgehead atoms. The summed E-state index contributed by atoms with van der Waals surface area (Å²) in [4.78, 5) is 26.5. The van der Waals surface area contributed by atoms with E-state index < -0.39 is 0 Å². The molecule has 124 valence electrons. The summed E-state index contributed by atoms with van der Waals surface area (Å²) in [6.07, 6.45) is 4.29. The van der Waals surface area contributed by atoms with E-state index in [1.165, 1.54) is 11.0 Å². The van der Waals surface area contributed by atoms with Gasteiger partial charge in [0.1, 0.15) is 6.54 Å². The highest BCUT2D eigenvalue weighted by Gasteiger charge is 2.32. The van der Waals surface area contributed by atoms with Crippen LogP contribution in [0.3, 0.4) is 0 Å². The fourth-order valence-corrected chi connectivity index (χ4v) is 3.79. The van der Waals surface area contributed by atoms with Crippen LogP contribution in [0, 0.1) is 16.0 Å². The Labute approximate surface area is 136 Å². The smallest absolute Gasteiger partial charge is 0.269 e. The first-order valence-electron chi connectivity index (χ1n) is 8.49. The van der Waals surface area contributed by atoms with E-state index >= 15 is 0 Å². The molecule has 1 amide bonds. The van der Waals surface area contributed by atoms with Crippen LogP contribution in [0.15, 0.2) is 24.3 Å². The van der Waals surface area contributed by atoms with E-state index in [0.717, 1.165) is 64.0 Å². The number of nitro groups is 1. The zero-order valence-electron chi connectivity index (χ0n) is 13.4. The summed E-state index contributed by atoms with van der Waals surface area (Å²) in [6, 6.07) is 6.85. The average molecular weight is 318 g/mol. The predicted octanol–water partition coefficient (Wildman–Crippen LogP) is 1.01. The Morgan fingerprint density at radius 3 is 2.83 bits per heavy atom. The Kier molecular flexibility index (Phi) is 4.91. The van der Waals surface area contributed by atoms with Crippen LogP contribution < -0.4 is 4.90 Å². The molecule has 2 heterocycles. The molecule has 0 saturated carbocycles. The first-order valence-corrected chi connectivity index (χ1v) is 8.49. The molecule has 0 aliphatic carbocycles. The van der Waals surface area contributed by atoms with Crippen LogP contribution in [0.25, 0.3) is 0 Å². The molecule has 0 aromatic heterocycles. The lowest BCUT2D eigenvalue weighted by atomic mass is 9.96. The van der Waals surface area contributed by atoms with Gasteiger partial charge in [-0.15, -0.1) is 0 Å². The fraction of sp³-hybridized carbons (Fsp3) is 0.588. The Morgan fingerprint density at radius 1 is 1.30 bits per heavy atom. The second-order valence-electron chi connectivity index (χ2n) is 6.68. The lowest BCUT2D eigenvalue weighted by Gasteiger charge is -2.31. The van der Waals surface area contributed by atoms with Crippen molar-refractivity contribution in [2.45, 2.75) is 32.2 Å². The van der Waals surface area contributed by atoms with Gasteiger partial charge in [0.05, 0.1) is 23.9 Å². The summed E-state index contributed by atoms with van der Waals surface area (Å²) < 4.78 is 0. The van der Waals surface area contributed by atoms with Crippen molar-refractivity contribution in [3.05, 3.63) is 39.9 Å². The molecule has 2 atom stereocenters. The first kappa shape index (κ1) is 15.9. The maximum atomic E-state index is 12.6. The number of benzene rings is 1. The number of hydrogen-bond acceptors (Lipinski definition) is 3. The number of carbonyl (C=O) groups excluding carboxylic acids is 1. The van der Waals surface area contributed by atoms with E-state index in [1.54, 1.807) is 12.1 Å². The van der Waals surface area contributed by atoms with Crippen molar-refractivity contribution < 1.29 is 14.6 Å². The molecule has 1 aromatic carbocycles. The summed E-state index contributed by atoms with van der Waals surface area (Å²) in [7, 11) is 0. The number of likely N-dealkylation sites (tertiary alicyclic amines) is 2. The first-order chi connectivity index (χ1) is 11.1. The Bertz CT molecular complexity index is 584.